The van der Waals surface area contributed by atoms with Gasteiger partial charge >= 0.3 is 0 Å². The number of aromatic nitrogens is 4. The molecule has 21 heavy (non-hydrogen) atoms. The van der Waals surface area contributed by atoms with Crippen molar-refractivity contribution in [2.24, 2.45) is 0 Å². The lowest BCUT2D eigenvalue weighted by Gasteiger charge is -2.09. The van der Waals surface area contributed by atoms with Crippen LogP contribution in [0.1, 0.15) is 6.92 Å². The summed E-state index contributed by atoms with van der Waals surface area (Å²) in [6.45, 7) is 2.20. The molecule has 0 unspecified atom stereocenters. The van der Waals surface area contributed by atoms with Crippen LogP contribution in [-0.4, -0.2) is 26.8 Å². The number of hydrogen-bond acceptors (Lipinski definition) is 6. The number of ether oxygens (including phenoxy) is 1. The predicted octanol–water partition coefficient (Wildman–Crippen LogP) is 2.22. The lowest BCUT2D eigenvalue weighted by atomic mass is 10.2. The molecule has 0 amide bonds. The smallest absolute Gasteiger partial charge is 0.224 e. The Morgan fingerprint density at radius 1 is 1.38 bits per heavy atom. The van der Waals surface area contributed by atoms with Gasteiger partial charge in [-0.25, -0.2) is 4.39 Å². The van der Waals surface area contributed by atoms with Crippen LogP contribution in [-0.2, 0) is 0 Å². The highest BCUT2D eigenvalue weighted by Gasteiger charge is 2.10. The van der Waals surface area contributed by atoms with E-state index < -0.39 is 5.82 Å². The molecule has 0 saturated heterocycles. The summed E-state index contributed by atoms with van der Waals surface area (Å²) in [5.74, 6) is 0.307. The molecule has 0 saturated carbocycles. The molecule has 3 rings (SSSR count). The maximum Gasteiger partial charge on any atom is 0.224 e. The van der Waals surface area contributed by atoms with Crippen LogP contribution in [0.3, 0.4) is 0 Å². The Morgan fingerprint density at radius 3 is 3.00 bits per heavy atom. The van der Waals surface area contributed by atoms with Crippen LogP contribution in [0.25, 0.3) is 11.0 Å². The summed E-state index contributed by atoms with van der Waals surface area (Å²) >= 11 is 0. The summed E-state index contributed by atoms with van der Waals surface area (Å²) in [6, 6.07) is 4.58. The zero-order valence-electron chi connectivity index (χ0n) is 11.2. The molecule has 0 radical (unpaired) electrons. The molecule has 7 nitrogen and oxygen atoms in total. The number of nitrogens with two attached hydrogens (primary N) is 1. The fourth-order valence-electron chi connectivity index (χ4n) is 1.94. The van der Waals surface area contributed by atoms with Crippen molar-refractivity contribution >= 4 is 28.5 Å². The third-order valence-electron chi connectivity index (χ3n) is 2.82. The van der Waals surface area contributed by atoms with Crippen molar-refractivity contribution in [3.8, 4) is 5.75 Å². The van der Waals surface area contributed by atoms with Crippen molar-refractivity contribution in [2.45, 2.75) is 6.92 Å². The first-order valence-electron chi connectivity index (χ1n) is 6.33. The maximum atomic E-state index is 13.8. The highest BCUT2D eigenvalue weighted by atomic mass is 19.1. The van der Waals surface area contributed by atoms with E-state index in [2.05, 4.69) is 25.5 Å². The van der Waals surface area contributed by atoms with Gasteiger partial charge in [-0.3, -0.25) is 5.10 Å². The maximum absolute atomic E-state index is 13.8. The van der Waals surface area contributed by atoms with Crippen molar-refractivity contribution < 1.29 is 9.13 Å². The van der Waals surface area contributed by atoms with Crippen molar-refractivity contribution in [1.82, 2.24) is 20.2 Å². The molecule has 0 aliphatic carbocycles. The van der Waals surface area contributed by atoms with Crippen LogP contribution in [0.2, 0.25) is 0 Å². The van der Waals surface area contributed by atoms with Crippen LogP contribution >= 0.6 is 0 Å². The largest absolute Gasteiger partial charge is 0.491 e. The van der Waals surface area contributed by atoms with Gasteiger partial charge in [-0.1, -0.05) is 0 Å². The van der Waals surface area contributed by atoms with Gasteiger partial charge in [-0.15, -0.1) is 0 Å². The van der Waals surface area contributed by atoms with Crippen LogP contribution in [0, 0.1) is 5.82 Å². The molecule has 1 aromatic carbocycles. The monoisotopic (exact) mass is 288 g/mol. The predicted molar refractivity (Wildman–Crippen MR) is 76.9 cm³/mol. The van der Waals surface area contributed by atoms with Gasteiger partial charge in [0, 0.05) is 11.8 Å². The minimum Gasteiger partial charge on any atom is -0.491 e. The van der Waals surface area contributed by atoms with Gasteiger partial charge < -0.3 is 15.8 Å². The average Bonchev–Trinajstić information content (AvgIpc) is 2.90. The van der Waals surface area contributed by atoms with Gasteiger partial charge in [0.1, 0.15) is 5.82 Å². The van der Waals surface area contributed by atoms with E-state index in [4.69, 9.17) is 10.5 Å². The summed E-state index contributed by atoms with van der Waals surface area (Å²) in [7, 11) is 0. The first kappa shape index (κ1) is 13.1. The molecule has 0 fully saturated rings. The van der Waals surface area contributed by atoms with E-state index in [0.29, 0.717) is 29.1 Å². The van der Waals surface area contributed by atoms with Crippen molar-refractivity contribution in [2.75, 3.05) is 17.7 Å². The summed E-state index contributed by atoms with van der Waals surface area (Å²) < 4.78 is 19.0. The molecule has 0 spiro atoms. The number of hydrogen-bond donors (Lipinski definition) is 3. The molecule has 2 aromatic heterocycles. The number of fused-ring (bicyclic) bond motifs is 1. The lowest BCUT2D eigenvalue weighted by molar-refractivity contribution is 0.321. The fraction of sp³-hybridized carbons (Fsp3) is 0.154. The van der Waals surface area contributed by atoms with E-state index in [9.17, 15) is 4.39 Å². The number of nitrogens with zero attached hydrogens (tertiary/aromatic N) is 3. The molecular formula is C13H13FN6O. The topological polar surface area (TPSA) is 102 Å². The van der Waals surface area contributed by atoms with E-state index >= 15 is 0 Å². The number of rotatable bonds is 4. The summed E-state index contributed by atoms with van der Waals surface area (Å²) in [4.78, 5) is 8.11. The summed E-state index contributed by atoms with van der Waals surface area (Å²) in [5, 5.41) is 10.3. The molecule has 0 aliphatic rings. The van der Waals surface area contributed by atoms with Crippen LogP contribution in [0.4, 0.5) is 21.8 Å². The minimum atomic E-state index is -0.452. The number of benzene rings is 1. The first-order valence-corrected chi connectivity index (χ1v) is 6.33. The Labute approximate surface area is 119 Å². The van der Waals surface area contributed by atoms with E-state index in [0.717, 1.165) is 0 Å². The average molecular weight is 288 g/mol. The number of halogens is 1. The third-order valence-corrected chi connectivity index (χ3v) is 2.82. The van der Waals surface area contributed by atoms with Gasteiger partial charge in [0.2, 0.25) is 5.95 Å². The second kappa shape index (κ2) is 5.23. The number of nitrogen functional groups attached to an aromatic ring is 1. The van der Waals surface area contributed by atoms with Crippen LogP contribution in [0.15, 0.2) is 24.4 Å². The first-order chi connectivity index (χ1) is 10.2. The van der Waals surface area contributed by atoms with E-state index in [1.165, 1.54) is 6.07 Å². The third kappa shape index (κ3) is 2.55. The van der Waals surface area contributed by atoms with Crippen LogP contribution < -0.4 is 15.8 Å². The molecule has 8 heteroatoms. The van der Waals surface area contributed by atoms with Gasteiger partial charge in [-0.05, 0) is 19.1 Å². The van der Waals surface area contributed by atoms with Gasteiger partial charge in [-0.2, -0.15) is 15.1 Å². The summed E-state index contributed by atoms with van der Waals surface area (Å²) in [6.07, 6.45) is 1.57. The quantitative estimate of drug-likeness (QED) is 0.680. The molecule has 4 N–H and O–H groups in total. The molecule has 0 bridgehead atoms. The fourth-order valence-corrected chi connectivity index (χ4v) is 1.94. The van der Waals surface area contributed by atoms with Crippen LogP contribution in [0.5, 0.6) is 5.75 Å². The Morgan fingerprint density at radius 2 is 2.24 bits per heavy atom. The zero-order chi connectivity index (χ0) is 14.8. The molecule has 0 atom stereocenters. The van der Waals surface area contributed by atoms with E-state index in [-0.39, 0.29) is 11.7 Å². The van der Waals surface area contributed by atoms with Gasteiger partial charge in [0.25, 0.3) is 0 Å². The Hall–Kier alpha value is -2.90. The molecular weight excluding hydrogens is 275 g/mol. The SMILES string of the molecule is CCOc1ccc(Nc2nc(N)nc3[nH]ncc23)cc1F. The standard InChI is InChI=1S/C13H13FN6O/c1-2-21-10-4-3-7(5-9(10)14)17-11-8-6-16-20-12(8)19-13(15)18-11/h3-6H,2H2,1H3,(H4,15,16,17,18,19,20). The second-order valence-corrected chi connectivity index (χ2v) is 4.27. The molecule has 108 valence electrons. The highest BCUT2D eigenvalue weighted by molar-refractivity contribution is 5.88. The van der Waals surface area contributed by atoms with E-state index in [1.807, 2.05) is 0 Å². The molecule has 3 aromatic rings. The number of H-pyrrole nitrogens is 1. The normalized spacial score (nSPS) is 10.8. The number of aromatic amines is 1. The number of anilines is 3. The number of nitrogens with one attached hydrogen (secondary N) is 2. The van der Waals surface area contributed by atoms with E-state index in [1.54, 1.807) is 25.3 Å². The molecule has 2 heterocycles. The molecule has 0 aliphatic heterocycles. The summed E-state index contributed by atoms with van der Waals surface area (Å²) in [5.41, 5.74) is 6.66. The Kier molecular flexibility index (Phi) is 3.27. The van der Waals surface area contributed by atoms with Crippen molar-refractivity contribution in [1.29, 1.82) is 0 Å². The second-order valence-electron chi connectivity index (χ2n) is 4.27. The minimum absolute atomic E-state index is 0.0978. The highest BCUT2D eigenvalue weighted by Crippen LogP contribution is 2.26. The zero-order valence-corrected chi connectivity index (χ0v) is 11.2. The van der Waals surface area contributed by atoms with Crippen molar-refractivity contribution in [3.63, 3.8) is 0 Å². The van der Waals surface area contributed by atoms with Gasteiger partial charge in [0.05, 0.1) is 18.2 Å². The van der Waals surface area contributed by atoms with Crippen molar-refractivity contribution in [3.05, 3.63) is 30.2 Å². The lowest BCUT2D eigenvalue weighted by Crippen LogP contribution is -2.01. The van der Waals surface area contributed by atoms with Gasteiger partial charge in [0.15, 0.2) is 17.2 Å². The Balaban J connectivity index is 1.95. The Bertz CT molecular complexity index is 787.